The van der Waals surface area contributed by atoms with Gasteiger partial charge in [0.1, 0.15) is 17.1 Å². The molecule has 0 saturated heterocycles. The zero-order valence-electron chi connectivity index (χ0n) is 14.5. The van der Waals surface area contributed by atoms with Gasteiger partial charge in [0.2, 0.25) is 0 Å². The van der Waals surface area contributed by atoms with Gasteiger partial charge in [-0.2, -0.15) is 0 Å². The molecule has 1 aromatic carbocycles. The van der Waals surface area contributed by atoms with Crippen LogP contribution in [-0.2, 0) is 12.8 Å². The van der Waals surface area contributed by atoms with Crippen molar-refractivity contribution in [1.29, 1.82) is 0 Å². The summed E-state index contributed by atoms with van der Waals surface area (Å²) in [7, 11) is 0. The van der Waals surface area contributed by atoms with Crippen molar-refractivity contribution < 1.29 is 9.84 Å². The number of phenolic OH excluding ortho intramolecular Hbond substituents is 1. The predicted molar refractivity (Wildman–Crippen MR) is 88.4 cm³/mol. The highest BCUT2D eigenvalue weighted by molar-refractivity contribution is 5.59. The molecule has 118 valence electrons. The van der Waals surface area contributed by atoms with E-state index in [1.807, 2.05) is 6.92 Å². The summed E-state index contributed by atoms with van der Waals surface area (Å²) in [5.74, 6) is 2.22. The largest absolute Gasteiger partial charge is 0.507 e. The van der Waals surface area contributed by atoms with Crippen LogP contribution < -0.4 is 4.74 Å². The van der Waals surface area contributed by atoms with E-state index < -0.39 is 0 Å². The van der Waals surface area contributed by atoms with Gasteiger partial charge >= 0.3 is 0 Å². The molecule has 1 atom stereocenters. The van der Waals surface area contributed by atoms with Crippen LogP contribution in [0.1, 0.15) is 69.2 Å². The quantitative estimate of drug-likeness (QED) is 0.836. The Morgan fingerprint density at radius 3 is 2.52 bits per heavy atom. The average molecular weight is 290 g/mol. The number of hydrogen-bond acceptors (Lipinski definition) is 2. The molecule has 21 heavy (non-hydrogen) atoms. The maximum absolute atomic E-state index is 10.6. The molecule has 2 nitrogen and oxygen atoms in total. The van der Waals surface area contributed by atoms with Crippen LogP contribution in [0.2, 0.25) is 0 Å². The number of hydrogen-bond donors (Lipinski definition) is 1. The van der Waals surface area contributed by atoms with Crippen LogP contribution in [0, 0.1) is 19.8 Å². The zero-order chi connectivity index (χ0) is 15.8. The van der Waals surface area contributed by atoms with Crippen LogP contribution in [0.5, 0.6) is 11.5 Å². The molecule has 2 rings (SSSR count). The van der Waals surface area contributed by atoms with Gasteiger partial charge in [-0.05, 0) is 70.4 Å². The summed E-state index contributed by atoms with van der Waals surface area (Å²) in [6.45, 7) is 12.9. The van der Waals surface area contributed by atoms with E-state index in [0.29, 0.717) is 11.7 Å². The number of fused-ring (bicyclic) bond motifs is 1. The normalized spacial score (nSPS) is 18.0. The Labute approximate surface area is 129 Å². The van der Waals surface area contributed by atoms with Crippen molar-refractivity contribution in [3.63, 3.8) is 0 Å². The average Bonchev–Trinajstić information content (AvgIpc) is 2.44. The fourth-order valence-electron chi connectivity index (χ4n) is 3.10. The van der Waals surface area contributed by atoms with Crippen molar-refractivity contribution in [3.8, 4) is 11.5 Å². The number of phenols is 1. The molecule has 1 aromatic rings. The molecule has 0 radical (unpaired) electrons. The Morgan fingerprint density at radius 2 is 1.90 bits per heavy atom. The van der Waals surface area contributed by atoms with E-state index in [0.717, 1.165) is 48.1 Å². The minimum Gasteiger partial charge on any atom is -0.507 e. The third-order valence-corrected chi connectivity index (χ3v) is 5.12. The van der Waals surface area contributed by atoms with Crippen molar-refractivity contribution in [2.24, 2.45) is 5.92 Å². The van der Waals surface area contributed by atoms with E-state index in [9.17, 15) is 5.11 Å². The van der Waals surface area contributed by atoms with Crippen molar-refractivity contribution in [2.45, 2.75) is 79.2 Å². The zero-order valence-corrected chi connectivity index (χ0v) is 14.5. The number of ether oxygens (including phenoxy) is 1. The van der Waals surface area contributed by atoms with Crippen molar-refractivity contribution >= 4 is 0 Å². The second-order valence-corrected chi connectivity index (χ2v) is 7.30. The molecule has 1 N–H and O–H groups in total. The Balaban J connectivity index is 2.43. The highest BCUT2D eigenvalue weighted by Crippen LogP contribution is 2.44. The van der Waals surface area contributed by atoms with E-state index >= 15 is 0 Å². The molecule has 2 heteroatoms. The van der Waals surface area contributed by atoms with E-state index in [1.54, 1.807) is 0 Å². The molecule has 1 aliphatic heterocycles. The molecule has 0 spiro atoms. The number of benzene rings is 1. The maximum atomic E-state index is 10.6. The van der Waals surface area contributed by atoms with Gasteiger partial charge in [0, 0.05) is 11.1 Å². The topological polar surface area (TPSA) is 29.5 Å². The van der Waals surface area contributed by atoms with Gasteiger partial charge in [-0.1, -0.05) is 20.3 Å². The second kappa shape index (κ2) is 5.90. The summed E-state index contributed by atoms with van der Waals surface area (Å²) in [6.07, 6.45) is 5.29. The molecule has 1 heterocycles. The summed E-state index contributed by atoms with van der Waals surface area (Å²) in [4.78, 5) is 0. The number of rotatable bonds is 4. The molecule has 1 aliphatic rings. The first kappa shape index (κ1) is 16.2. The van der Waals surface area contributed by atoms with Crippen molar-refractivity contribution in [3.05, 3.63) is 22.3 Å². The second-order valence-electron chi connectivity index (χ2n) is 7.30. The van der Waals surface area contributed by atoms with E-state index in [4.69, 9.17) is 4.74 Å². The molecule has 0 saturated carbocycles. The molecular formula is C19H30O2. The molecule has 0 aliphatic carbocycles. The number of aromatic hydroxyl groups is 1. The van der Waals surface area contributed by atoms with E-state index in [-0.39, 0.29) is 5.60 Å². The predicted octanol–water partition coefficient (Wildman–Crippen LogP) is 5.09. The van der Waals surface area contributed by atoms with E-state index in [1.165, 1.54) is 12.0 Å². The maximum Gasteiger partial charge on any atom is 0.127 e. The highest BCUT2D eigenvalue weighted by atomic mass is 16.5. The molecular weight excluding hydrogens is 260 g/mol. The smallest absolute Gasteiger partial charge is 0.127 e. The van der Waals surface area contributed by atoms with Gasteiger partial charge in [0.25, 0.3) is 0 Å². The fourth-order valence-corrected chi connectivity index (χ4v) is 3.10. The fraction of sp³-hybridized carbons (Fsp3) is 0.684. The Kier molecular flexibility index (Phi) is 4.55. The van der Waals surface area contributed by atoms with Gasteiger partial charge in [0.05, 0.1) is 0 Å². The minimum atomic E-state index is -0.102. The van der Waals surface area contributed by atoms with Crippen LogP contribution in [0.25, 0.3) is 0 Å². The van der Waals surface area contributed by atoms with Gasteiger partial charge < -0.3 is 9.84 Å². The third-order valence-electron chi connectivity index (χ3n) is 5.12. The lowest BCUT2D eigenvalue weighted by molar-refractivity contribution is 0.0830. The summed E-state index contributed by atoms with van der Waals surface area (Å²) < 4.78 is 6.25. The lowest BCUT2D eigenvalue weighted by Crippen LogP contribution is -2.33. The van der Waals surface area contributed by atoms with Gasteiger partial charge in [0.15, 0.2) is 0 Å². The first-order chi connectivity index (χ1) is 9.76. The summed E-state index contributed by atoms with van der Waals surface area (Å²) in [5.41, 5.74) is 4.35. The Hall–Kier alpha value is -1.18. The van der Waals surface area contributed by atoms with Gasteiger partial charge in [-0.3, -0.25) is 0 Å². The molecule has 0 aromatic heterocycles. The first-order valence-corrected chi connectivity index (χ1v) is 8.29. The summed E-state index contributed by atoms with van der Waals surface area (Å²) >= 11 is 0. The summed E-state index contributed by atoms with van der Waals surface area (Å²) in [6, 6.07) is 0. The monoisotopic (exact) mass is 290 g/mol. The highest BCUT2D eigenvalue weighted by Gasteiger charge is 2.31. The van der Waals surface area contributed by atoms with Crippen LogP contribution in [-0.4, -0.2) is 10.7 Å². The van der Waals surface area contributed by atoms with Crippen LogP contribution >= 0.6 is 0 Å². The molecule has 0 fully saturated rings. The molecule has 0 bridgehead atoms. The minimum absolute atomic E-state index is 0.102. The molecule has 1 unspecified atom stereocenters. The van der Waals surface area contributed by atoms with Crippen molar-refractivity contribution in [2.75, 3.05) is 0 Å². The van der Waals surface area contributed by atoms with Crippen LogP contribution in [0.3, 0.4) is 0 Å². The summed E-state index contributed by atoms with van der Waals surface area (Å²) in [5, 5.41) is 10.6. The lowest BCUT2D eigenvalue weighted by Gasteiger charge is -2.35. The van der Waals surface area contributed by atoms with Crippen molar-refractivity contribution in [1.82, 2.24) is 0 Å². The SMILES string of the molecule is CCC(C)CCc1c(O)c(C)c(C)c2c1CCC(C)(C)O2. The van der Waals surface area contributed by atoms with E-state index in [2.05, 4.69) is 34.6 Å². The van der Waals surface area contributed by atoms with Gasteiger partial charge in [-0.25, -0.2) is 0 Å². The van der Waals surface area contributed by atoms with Crippen LogP contribution in [0.15, 0.2) is 0 Å². The Morgan fingerprint density at radius 1 is 1.24 bits per heavy atom. The third kappa shape index (κ3) is 3.20. The Bertz CT molecular complexity index is 529. The molecule has 0 amide bonds. The standard InChI is InChI=1S/C19H30O2/c1-7-12(2)8-9-15-16-10-11-19(5,6)21-18(16)14(4)13(3)17(15)20/h12,20H,7-11H2,1-6H3. The first-order valence-electron chi connectivity index (χ1n) is 8.29. The van der Waals surface area contributed by atoms with Gasteiger partial charge in [-0.15, -0.1) is 0 Å². The lowest BCUT2D eigenvalue weighted by atomic mass is 9.85. The van der Waals surface area contributed by atoms with Crippen LogP contribution in [0.4, 0.5) is 0 Å².